The predicted molar refractivity (Wildman–Crippen MR) is 221 cm³/mol. The topological polar surface area (TPSA) is 148 Å². The summed E-state index contributed by atoms with van der Waals surface area (Å²) in [7, 11) is 3.62. The van der Waals surface area contributed by atoms with Gasteiger partial charge in [-0.25, -0.2) is 4.79 Å². The van der Waals surface area contributed by atoms with Crippen LogP contribution in [0.4, 0.5) is 11.4 Å². The monoisotopic (exact) mass is 774 g/mol. The Kier molecular flexibility index (Phi) is 9.38. The van der Waals surface area contributed by atoms with Crippen molar-refractivity contribution in [3.8, 4) is 11.4 Å². The summed E-state index contributed by atoms with van der Waals surface area (Å²) in [4.78, 5) is 64.1. The number of aryl methyl sites for hydroxylation is 1. The standard InChI is InChI=1S/C43H54N10O4/c1-26(41(56)48(4)29-7-6-28-20-33(44-32(28)21-29)39-31-12-14-43(2,3)23-34(31)46-47-39)51-18-16-50(17-19-51)24-27-13-15-52(25-27)30-8-9-35-37(22-30)49(5)42(57)53(35)36-10-11-38(54)45-40(36)55/h6-9,20-22,26-27,36,44H,10-19,23-25H2,1-5H3,(H,46,47)(H,45,54,55)/t26-,27+,36?/m0/s1. The summed E-state index contributed by atoms with van der Waals surface area (Å²) >= 11 is 0. The zero-order valence-electron chi connectivity index (χ0n) is 33.7. The molecular weight excluding hydrogens is 721 g/mol. The number of likely N-dealkylation sites (N-methyl/N-ethyl adjacent to an activating group) is 1. The van der Waals surface area contributed by atoms with E-state index in [2.05, 4.69) is 68.2 Å². The lowest BCUT2D eigenvalue weighted by Crippen LogP contribution is -2.54. The van der Waals surface area contributed by atoms with Gasteiger partial charge in [-0.15, -0.1) is 0 Å². The van der Waals surface area contributed by atoms with Gasteiger partial charge in [0.15, 0.2) is 0 Å². The molecule has 3 fully saturated rings. The number of imide groups is 1. The summed E-state index contributed by atoms with van der Waals surface area (Å²) in [6.45, 7) is 13.1. The molecule has 9 rings (SSSR count). The van der Waals surface area contributed by atoms with Crippen molar-refractivity contribution in [2.75, 3.05) is 62.7 Å². The molecule has 4 aliphatic rings. The maximum atomic E-state index is 13.8. The quantitative estimate of drug-likeness (QED) is 0.199. The van der Waals surface area contributed by atoms with E-state index in [9.17, 15) is 19.2 Å². The molecule has 3 saturated heterocycles. The van der Waals surface area contributed by atoms with Gasteiger partial charge in [0, 0.05) is 99.9 Å². The fourth-order valence-electron chi connectivity index (χ4n) is 9.78. The molecule has 3 amide bonds. The number of nitrogens with one attached hydrogen (secondary N) is 3. The third-order valence-electron chi connectivity index (χ3n) is 13.3. The average Bonchev–Trinajstić information content (AvgIpc) is 3.99. The molecule has 3 aromatic heterocycles. The second-order valence-electron chi connectivity index (χ2n) is 17.7. The number of hydrogen-bond acceptors (Lipinski definition) is 8. The third kappa shape index (κ3) is 6.86. The molecule has 5 aromatic rings. The van der Waals surface area contributed by atoms with Crippen LogP contribution in [0.25, 0.3) is 33.3 Å². The number of fused-ring (bicyclic) bond motifs is 3. The lowest BCUT2D eigenvalue weighted by atomic mass is 9.76. The maximum Gasteiger partial charge on any atom is 0.329 e. The number of piperazine rings is 1. The van der Waals surface area contributed by atoms with Crippen molar-refractivity contribution in [2.24, 2.45) is 18.4 Å². The molecule has 57 heavy (non-hydrogen) atoms. The van der Waals surface area contributed by atoms with Gasteiger partial charge in [-0.3, -0.25) is 38.8 Å². The van der Waals surface area contributed by atoms with Crippen LogP contribution in [0.1, 0.15) is 63.8 Å². The largest absolute Gasteiger partial charge is 0.371 e. The van der Waals surface area contributed by atoms with Gasteiger partial charge < -0.3 is 19.7 Å². The number of carbonyl (C=O) groups is 3. The van der Waals surface area contributed by atoms with E-state index >= 15 is 0 Å². The number of carbonyl (C=O) groups excluding carboxylic acids is 3. The Bertz CT molecular complexity index is 2450. The highest BCUT2D eigenvalue weighted by molar-refractivity contribution is 6.00. The molecule has 14 heteroatoms. The number of anilines is 2. The highest BCUT2D eigenvalue weighted by Crippen LogP contribution is 2.38. The summed E-state index contributed by atoms with van der Waals surface area (Å²) in [6.07, 6.45) is 4.81. The van der Waals surface area contributed by atoms with Crippen molar-refractivity contribution in [3.05, 3.63) is 64.2 Å². The zero-order valence-corrected chi connectivity index (χ0v) is 33.7. The van der Waals surface area contributed by atoms with E-state index in [1.807, 2.05) is 32.2 Å². The minimum atomic E-state index is -0.690. The fraction of sp³-hybridized carbons (Fsp3) is 0.512. The summed E-state index contributed by atoms with van der Waals surface area (Å²) in [5.74, 6) is -0.111. The van der Waals surface area contributed by atoms with E-state index in [0.29, 0.717) is 17.9 Å². The summed E-state index contributed by atoms with van der Waals surface area (Å²) < 4.78 is 3.13. The average molecular weight is 775 g/mol. The van der Waals surface area contributed by atoms with Crippen molar-refractivity contribution in [2.45, 2.75) is 71.4 Å². The Morgan fingerprint density at radius 3 is 2.58 bits per heavy atom. The number of aromatic nitrogens is 5. The highest BCUT2D eigenvalue weighted by Gasteiger charge is 2.34. The van der Waals surface area contributed by atoms with Crippen LogP contribution in [-0.4, -0.2) is 111 Å². The van der Waals surface area contributed by atoms with E-state index in [1.54, 1.807) is 16.5 Å². The van der Waals surface area contributed by atoms with Gasteiger partial charge in [0.05, 0.1) is 22.8 Å². The van der Waals surface area contributed by atoms with Crippen LogP contribution in [0.15, 0.2) is 47.3 Å². The number of imidazole rings is 1. The Labute approximate surface area is 332 Å². The first kappa shape index (κ1) is 37.4. The van der Waals surface area contributed by atoms with E-state index in [4.69, 9.17) is 5.10 Å². The first-order chi connectivity index (χ1) is 27.3. The highest BCUT2D eigenvalue weighted by atomic mass is 16.2. The number of rotatable bonds is 8. The van der Waals surface area contributed by atoms with Crippen molar-refractivity contribution < 1.29 is 14.4 Å². The zero-order chi connectivity index (χ0) is 39.7. The molecule has 2 aromatic carbocycles. The van der Waals surface area contributed by atoms with Gasteiger partial charge in [-0.2, -0.15) is 5.10 Å². The normalized spacial score (nSPS) is 22.3. The van der Waals surface area contributed by atoms with Crippen LogP contribution in [0.3, 0.4) is 0 Å². The van der Waals surface area contributed by atoms with Gasteiger partial charge in [-0.05, 0) is 86.8 Å². The molecule has 1 aliphatic carbocycles. The van der Waals surface area contributed by atoms with Gasteiger partial charge in [-0.1, -0.05) is 19.9 Å². The minimum absolute atomic E-state index is 0.0897. The van der Waals surface area contributed by atoms with Crippen molar-refractivity contribution in [1.82, 2.24) is 39.4 Å². The van der Waals surface area contributed by atoms with E-state index < -0.39 is 11.9 Å². The molecule has 6 heterocycles. The molecule has 3 N–H and O–H groups in total. The summed E-state index contributed by atoms with van der Waals surface area (Å²) in [5, 5.41) is 11.5. The van der Waals surface area contributed by atoms with Crippen LogP contribution < -0.4 is 20.8 Å². The minimum Gasteiger partial charge on any atom is -0.371 e. The number of piperidine rings is 1. The molecular formula is C43H54N10O4. The molecule has 300 valence electrons. The molecule has 0 bridgehead atoms. The fourth-order valence-corrected chi connectivity index (χ4v) is 9.78. The smallest absolute Gasteiger partial charge is 0.329 e. The second kappa shape index (κ2) is 14.3. The predicted octanol–water partition coefficient (Wildman–Crippen LogP) is 4.20. The van der Waals surface area contributed by atoms with Gasteiger partial charge >= 0.3 is 5.69 Å². The van der Waals surface area contributed by atoms with Crippen LogP contribution in [-0.2, 0) is 34.3 Å². The SMILES string of the molecule is C[C@@H](C(=O)N(C)c1ccc2cc(-c3n[nH]c4c3CCC(C)(C)C4)[nH]c2c1)N1CCN(C[C@H]2CCN(c3ccc4c(c3)n(C)c(=O)n4C3CCC(=O)NC3=O)C2)CC1. The number of benzene rings is 2. The summed E-state index contributed by atoms with van der Waals surface area (Å²) in [5.41, 5.74) is 9.04. The lowest BCUT2D eigenvalue weighted by molar-refractivity contribution is -0.135. The molecule has 1 unspecified atom stereocenters. The second-order valence-corrected chi connectivity index (χ2v) is 17.7. The van der Waals surface area contributed by atoms with Crippen LogP contribution >= 0.6 is 0 Å². The van der Waals surface area contributed by atoms with Crippen molar-refractivity contribution >= 4 is 51.0 Å². The van der Waals surface area contributed by atoms with Gasteiger partial charge in [0.1, 0.15) is 11.7 Å². The van der Waals surface area contributed by atoms with Crippen molar-refractivity contribution in [3.63, 3.8) is 0 Å². The number of hydrogen-bond donors (Lipinski definition) is 3. The molecule has 0 spiro atoms. The molecule has 0 saturated carbocycles. The van der Waals surface area contributed by atoms with E-state index in [1.165, 1.54) is 15.8 Å². The Morgan fingerprint density at radius 2 is 1.79 bits per heavy atom. The van der Waals surface area contributed by atoms with Gasteiger partial charge in [0.2, 0.25) is 17.7 Å². The Hall–Kier alpha value is -5.21. The van der Waals surface area contributed by atoms with E-state index in [-0.39, 0.29) is 35.4 Å². The van der Waals surface area contributed by atoms with Gasteiger partial charge in [0.25, 0.3) is 0 Å². The number of amides is 3. The van der Waals surface area contributed by atoms with Crippen LogP contribution in [0, 0.1) is 11.3 Å². The van der Waals surface area contributed by atoms with Crippen molar-refractivity contribution in [1.29, 1.82) is 0 Å². The lowest BCUT2D eigenvalue weighted by Gasteiger charge is -2.39. The molecule has 0 radical (unpaired) electrons. The first-order valence-electron chi connectivity index (χ1n) is 20.6. The summed E-state index contributed by atoms with van der Waals surface area (Å²) in [6, 6.07) is 13.5. The maximum absolute atomic E-state index is 13.8. The molecule has 3 aliphatic heterocycles. The third-order valence-corrected chi connectivity index (χ3v) is 13.3. The Balaban J connectivity index is 0.788. The van der Waals surface area contributed by atoms with Crippen LogP contribution in [0.5, 0.6) is 0 Å². The number of nitrogens with zero attached hydrogens (tertiary/aromatic N) is 7. The van der Waals surface area contributed by atoms with E-state index in [0.717, 1.165) is 111 Å². The van der Waals surface area contributed by atoms with Crippen LogP contribution in [0.2, 0.25) is 0 Å². The number of H-pyrrole nitrogens is 2. The Morgan fingerprint density at radius 1 is 0.982 bits per heavy atom. The molecule has 3 atom stereocenters. The molecule has 14 nitrogen and oxygen atoms in total. The first-order valence-corrected chi connectivity index (χ1v) is 20.6. The number of aromatic amines is 2.